The highest BCUT2D eigenvalue weighted by molar-refractivity contribution is 5.94. The van der Waals surface area contributed by atoms with Crippen LogP contribution in [-0.4, -0.2) is 42.0 Å². The molecule has 1 aromatic carbocycles. The molecule has 6 heteroatoms. The minimum atomic E-state index is -0.469. The van der Waals surface area contributed by atoms with E-state index in [9.17, 15) is 9.59 Å². The van der Waals surface area contributed by atoms with Crippen LogP contribution in [0.3, 0.4) is 0 Å². The van der Waals surface area contributed by atoms with Crippen molar-refractivity contribution in [1.29, 1.82) is 0 Å². The van der Waals surface area contributed by atoms with Crippen LogP contribution in [0.15, 0.2) is 42.6 Å². The third-order valence-corrected chi connectivity index (χ3v) is 4.16. The molecule has 130 valence electrons. The zero-order valence-electron chi connectivity index (χ0n) is 14.3. The number of rotatable bonds is 6. The SMILES string of the molecule is COC(=O)c1ccc(C(=O)N(Cc2ccc(OC)cc2)C2CC2)nc1. The highest BCUT2D eigenvalue weighted by Gasteiger charge is 2.33. The van der Waals surface area contributed by atoms with Gasteiger partial charge in [0.05, 0.1) is 19.8 Å². The Balaban J connectivity index is 1.75. The Morgan fingerprint density at radius 3 is 2.36 bits per heavy atom. The maximum absolute atomic E-state index is 12.8. The molecule has 25 heavy (non-hydrogen) atoms. The van der Waals surface area contributed by atoms with Gasteiger partial charge in [0.25, 0.3) is 5.91 Å². The van der Waals surface area contributed by atoms with E-state index in [0.717, 1.165) is 24.2 Å². The first kappa shape index (κ1) is 17.0. The fraction of sp³-hybridized carbons (Fsp3) is 0.316. The molecule has 0 radical (unpaired) electrons. The van der Waals surface area contributed by atoms with Gasteiger partial charge in [0.2, 0.25) is 0 Å². The number of aromatic nitrogens is 1. The van der Waals surface area contributed by atoms with Crippen molar-refractivity contribution < 1.29 is 19.1 Å². The smallest absolute Gasteiger partial charge is 0.339 e. The molecule has 6 nitrogen and oxygen atoms in total. The van der Waals surface area contributed by atoms with E-state index >= 15 is 0 Å². The van der Waals surface area contributed by atoms with Crippen molar-refractivity contribution in [2.24, 2.45) is 0 Å². The lowest BCUT2D eigenvalue weighted by molar-refractivity contribution is 0.0598. The van der Waals surface area contributed by atoms with E-state index in [1.165, 1.54) is 13.3 Å². The predicted molar refractivity (Wildman–Crippen MR) is 91.5 cm³/mol. The summed E-state index contributed by atoms with van der Waals surface area (Å²) in [5.41, 5.74) is 1.69. The van der Waals surface area contributed by atoms with E-state index in [4.69, 9.17) is 4.74 Å². The van der Waals surface area contributed by atoms with Gasteiger partial charge in [0.1, 0.15) is 11.4 Å². The van der Waals surface area contributed by atoms with E-state index in [1.807, 2.05) is 29.2 Å². The van der Waals surface area contributed by atoms with Crippen LogP contribution in [0.2, 0.25) is 0 Å². The largest absolute Gasteiger partial charge is 0.497 e. The highest BCUT2D eigenvalue weighted by atomic mass is 16.5. The number of nitrogens with zero attached hydrogens (tertiary/aromatic N) is 2. The molecule has 1 saturated carbocycles. The molecule has 0 N–H and O–H groups in total. The summed E-state index contributed by atoms with van der Waals surface area (Å²) >= 11 is 0. The van der Waals surface area contributed by atoms with E-state index < -0.39 is 5.97 Å². The Morgan fingerprint density at radius 2 is 1.84 bits per heavy atom. The predicted octanol–water partition coefficient (Wildman–Crippen LogP) is 2.68. The molecular weight excluding hydrogens is 320 g/mol. The van der Waals surface area contributed by atoms with Gasteiger partial charge in [-0.05, 0) is 42.7 Å². The van der Waals surface area contributed by atoms with Crippen molar-refractivity contribution in [3.63, 3.8) is 0 Å². The molecule has 1 aliphatic rings. The van der Waals surface area contributed by atoms with Crippen LogP contribution in [0.5, 0.6) is 5.75 Å². The van der Waals surface area contributed by atoms with Gasteiger partial charge in [0, 0.05) is 18.8 Å². The van der Waals surface area contributed by atoms with Crippen LogP contribution in [0.25, 0.3) is 0 Å². The molecular formula is C19H20N2O4. The zero-order valence-corrected chi connectivity index (χ0v) is 14.3. The highest BCUT2D eigenvalue weighted by Crippen LogP contribution is 2.30. The fourth-order valence-electron chi connectivity index (χ4n) is 2.59. The molecule has 1 heterocycles. The molecule has 2 aromatic rings. The third-order valence-electron chi connectivity index (χ3n) is 4.16. The van der Waals surface area contributed by atoms with Gasteiger partial charge in [-0.2, -0.15) is 0 Å². The second-order valence-corrected chi connectivity index (χ2v) is 5.94. The summed E-state index contributed by atoms with van der Waals surface area (Å²) < 4.78 is 9.81. The molecule has 1 amide bonds. The molecule has 0 aliphatic heterocycles. The quantitative estimate of drug-likeness (QED) is 0.756. The lowest BCUT2D eigenvalue weighted by Gasteiger charge is -2.22. The number of pyridine rings is 1. The summed E-state index contributed by atoms with van der Waals surface area (Å²) in [6.07, 6.45) is 3.38. The van der Waals surface area contributed by atoms with Gasteiger partial charge >= 0.3 is 5.97 Å². The van der Waals surface area contributed by atoms with E-state index in [-0.39, 0.29) is 11.9 Å². The number of hydrogen-bond acceptors (Lipinski definition) is 5. The molecule has 1 aromatic heterocycles. The van der Waals surface area contributed by atoms with Crippen molar-refractivity contribution in [1.82, 2.24) is 9.88 Å². The normalized spacial score (nSPS) is 13.2. The summed E-state index contributed by atoms with van der Waals surface area (Å²) in [6, 6.07) is 11.0. The monoisotopic (exact) mass is 340 g/mol. The first-order valence-electron chi connectivity index (χ1n) is 8.10. The number of hydrogen-bond donors (Lipinski definition) is 0. The molecule has 0 bridgehead atoms. The number of ether oxygens (including phenoxy) is 2. The summed E-state index contributed by atoms with van der Waals surface area (Å²) in [6.45, 7) is 0.522. The van der Waals surface area contributed by atoms with Crippen LogP contribution in [0.4, 0.5) is 0 Å². The number of carbonyl (C=O) groups is 2. The van der Waals surface area contributed by atoms with Gasteiger partial charge in [0.15, 0.2) is 0 Å². The van der Waals surface area contributed by atoms with Crippen molar-refractivity contribution in [3.8, 4) is 5.75 Å². The van der Waals surface area contributed by atoms with Crippen molar-refractivity contribution in [2.45, 2.75) is 25.4 Å². The number of benzene rings is 1. The molecule has 1 aliphatic carbocycles. The lowest BCUT2D eigenvalue weighted by atomic mass is 10.2. The second kappa shape index (κ2) is 7.34. The van der Waals surface area contributed by atoms with Crippen molar-refractivity contribution in [3.05, 3.63) is 59.4 Å². The Labute approximate surface area is 146 Å². The minimum Gasteiger partial charge on any atom is -0.497 e. The van der Waals surface area contributed by atoms with E-state index in [0.29, 0.717) is 17.8 Å². The first-order chi connectivity index (χ1) is 12.1. The topological polar surface area (TPSA) is 68.7 Å². The zero-order chi connectivity index (χ0) is 17.8. The van der Waals surface area contributed by atoms with Crippen LogP contribution < -0.4 is 4.74 Å². The maximum atomic E-state index is 12.8. The van der Waals surface area contributed by atoms with Crippen LogP contribution >= 0.6 is 0 Å². The van der Waals surface area contributed by atoms with E-state index in [2.05, 4.69) is 9.72 Å². The number of carbonyl (C=O) groups excluding carboxylic acids is 2. The summed E-state index contributed by atoms with van der Waals surface area (Å²) in [7, 11) is 2.93. The van der Waals surface area contributed by atoms with Gasteiger partial charge in [-0.25, -0.2) is 4.79 Å². The molecule has 0 saturated heterocycles. The first-order valence-corrected chi connectivity index (χ1v) is 8.10. The standard InChI is InChI=1S/C19H20N2O4/c1-24-16-8-3-13(4-9-16)12-21(15-6-7-15)18(22)17-10-5-14(11-20-17)19(23)25-2/h3-5,8-11,15H,6-7,12H2,1-2H3. The Hall–Kier alpha value is -2.89. The van der Waals surface area contributed by atoms with Crippen molar-refractivity contribution in [2.75, 3.05) is 14.2 Å². The Bertz CT molecular complexity index is 752. The van der Waals surface area contributed by atoms with Gasteiger partial charge < -0.3 is 14.4 Å². The number of amides is 1. The maximum Gasteiger partial charge on any atom is 0.339 e. The van der Waals surface area contributed by atoms with Crippen LogP contribution in [0, 0.1) is 0 Å². The van der Waals surface area contributed by atoms with Gasteiger partial charge in [-0.3, -0.25) is 9.78 Å². The minimum absolute atomic E-state index is 0.130. The van der Waals surface area contributed by atoms with Crippen molar-refractivity contribution >= 4 is 11.9 Å². The van der Waals surface area contributed by atoms with Gasteiger partial charge in [-0.1, -0.05) is 12.1 Å². The summed E-state index contributed by atoms with van der Waals surface area (Å²) in [5.74, 6) is 0.187. The number of esters is 1. The molecule has 0 atom stereocenters. The van der Waals surface area contributed by atoms with Crippen LogP contribution in [0.1, 0.15) is 39.3 Å². The molecule has 0 spiro atoms. The van der Waals surface area contributed by atoms with E-state index in [1.54, 1.807) is 19.2 Å². The molecule has 1 fully saturated rings. The summed E-state index contributed by atoms with van der Waals surface area (Å²) in [4.78, 5) is 30.3. The van der Waals surface area contributed by atoms with Gasteiger partial charge in [-0.15, -0.1) is 0 Å². The number of methoxy groups -OCH3 is 2. The fourth-order valence-corrected chi connectivity index (χ4v) is 2.59. The lowest BCUT2D eigenvalue weighted by Crippen LogP contribution is -2.33. The summed E-state index contributed by atoms with van der Waals surface area (Å²) in [5, 5.41) is 0. The average molecular weight is 340 g/mol. The average Bonchev–Trinajstić information content (AvgIpc) is 3.50. The Morgan fingerprint density at radius 1 is 1.12 bits per heavy atom. The Kier molecular flexibility index (Phi) is 4.97. The second-order valence-electron chi connectivity index (χ2n) is 5.94. The van der Waals surface area contributed by atoms with Crippen LogP contribution in [-0.2, 0) is 11.3 Å². The molecule has 3 rings (SSSR count). The molecule has 0 unspecified atom stereocenters. The third kappa shape index (κ3) is 3.96.